The minimum atomic E-state index is -1.33. The Kier molecular flexibility index (Phi) is 3.73. The van der Waals surface area contributed by atoms with E-state index in [0.29, 0.717) is 22.4 Å². The van der Waals surface area contributed by atoms with Crippen LogP contribution in [0.25, 0.3) is 10.9 Å². The fourth-order valence-electron chi connectivity index (χ4n) is 3.18. The summed E-state index contributed by atoms with van der Waals surface area (Å²) in [6.07, 6.45) is -2.55. The van der Waals surface area contributed by atoms with Gasteiger partial charge in [-0.3, -0.25) is 4.79 Å². The van der Waals surface area contributed by atoms with Crippen molar-refractivity contribution >= 4 is 10.9 Å². The highest BCUT2D eigenvalue weighted by atomic mass is 16.5. The van der Waals surface area contributed by atoms with E-state index >= 15 is 0 Å². The molecule has 24 heavy (non-hydrogen) atoms. The Balaban J connectivity index is 2.48. The number of ether oxygens (including phenoxy) is 3. The van der Waals surface area contributed by atoms with Crippen LogP contribution in [0.3, 0.4) is 0 Å². The highest BCUT2D eigenvalue weighted by Crippen LogP contribution is 2.45. The molecule has 7 heteroatoms. The largest absolute Gasteiger partial charge is 0.493 e. The predicted octanol–water partition coefficient (Wildman–Crippen LogP) is 1.12. The Morgan fingerprint density at radius 2 is 1.88 bits per heavy atom. The van der Waals surface area contributed by atoms with Crippen LogP contribution < -0.4 is 19.8 Å². The third-order valence-electron chi connectivity index (χ3n) is 4.55. The Morgan fingerprint density at radius 1 is 1.21 bits per heavy atom. The second-order valence-electron chi connectivity index (χ2n) is 6.40. The maximum absolute atomic E-state index is 12.8. The summed E-state index contributed by atoms with van der Waals surface area (Å²) < 4.78 is 18.0. The summed E-state index contributed by atoms with van der Waals surface area (Å²) in [5.41, 5.74) is -0.950. The first-order valence-corrected chi connectivity index (χ1v) is 7.57. The lowest BCUT2D eigenvalue weighted by atomic mass is 9.88. The van der Waals surface area contributed by atoms with Crippen molar-refractivity contribution in [3.05, 3.63) is 28.0 Å². The van der Waals surface area contributed by atoms with Crippen LogP contribution in [0, 0.1) is 0 Å². The van der Waals surface area contributed by atoms with E-state index < -0.39 is 23.4 Å². The van der Waals surface area contributed by atoms with Crippen molar-refractivity contribution in [1.29, 1.82) is 0 Å². The van der Waals surface area contributed by atoms with Gasteiger partial charge in [0.2, 0.25) is 0 Å². The maximum Gasteiger partial charge on any atom is 0.260 e. The first-order valence-electron chi connectivity index (χ1n) is 7.57. The predicted molar refractivity (Wildman–Crippen MR) is 88.0 cm³/mol. The van der Waals surface area contributed by atoms with E-state index in [1.807, 2.05) is 0 Å². The van der Waals surface area contributed by atoms with Gasteiger partial charge in [-0.25, -0.2) is 0 Å². The number of aliphatic hydroxyl groups is 2. The highest BCUT2D eigenvalue weighted by molar-refractivity contribution is 5.93. The molecule has 130 valence electrons. The Labute approximate surface area is 139 Å². The van der Waals surface area contributed by atoms with Gasteiger partial charge in [0.25, 0.3) is 5.56 Å². The Hall–Kier alpha value is -2.25. The molecular weight excluding hydrogens is 314 g/mol. The zero-order chi connectivity index (χ0) is 17.8. The first-order chi connectivity index (χ1) is 11.2. The fraction of sp³-hybridized carbons (Fsp3) is 0.471. The first kappa shape index (κ1) is 16.6. The van der Waals surface area contributed by atoms with Crippen molar-refractivity contribution in [2.75, 3.05) is 14.2 Å². The van der Waals surface area contributed by atoms with Gasteiger partial charge in [0.15, 0.2) is 11.5 Å². The summed E-state index contributed by atoms with van der Waals surface area (Å²) in [6, 6.07) is 3.45. The molecule has 0 saturated heterocycles. The molecule has 1 aromatic carbocycles. The van der Waals surface area contributed by atoms with Crippen LogP contribution in [0.4, 0.5) is 0 Å². The monoisotopic (exact) mass is 335 g/mol. The molecule has 0 spiro atoms. The summed E-state index contributed by atoms with van der Waals surface area (Å²) in [6.45, 7) is 3.32. The molecule has 1 aromatic heterocycles. The smallest absolute Gasteiger partial charge is 0.260 e. The molecule has 2 N–H and O–H groups in total. The van der Waals surface area contributed by atoms with Gasteiger partial charge in [-0.2, -0.15) is 0 Å². The molecule has 2 unspecified atom stereocenters. The SMILES string of the molecule is COc1ccc2c3c(c(=O)n(C)c2c1OC)C(O)C(O)C(C)(C)O3. The minimum Gasteiger partial charge on any atom is -0.493 e. The number of pyridine rings is 1. The zero-order valence-electron chi connectivity index (χ0n) is 14.3. The molecule has 1 aliphatic rings. The number of aromatic nitrogens is 1. The van der Waals surface area contributed by atoms with E-state index in [4.69, 9.17) is 14.2 Å². The molecule has 0 bridgehead atoms. The van der Waals surface area contributed by atoms with Crippen LogP contribution in [0.5, 0.6) is 17.2 Å². The summed E-state index contributed by atoms with van der Waals surface area (Å²) in [5.74, 6) is 1.15. The molecule has 0 amide bonds. The average molecular weight is 335 g/mol. The molecule has 1 aliphatic heterocycles. The van der Waals surface area contributed by atoms with Gasteiger partial charge in [0, 0.05) is 12.4 Å². The van der Waals surface area contributed by atoms with Crippen LogP contribution in [0.1, 0.15) is 25.5 Å². The number of aliphatic hydroxyl groups excluding tert-OH is 2. The van der Waals surface area contributed by atoms with Crippen molar-refractivity contribution in [1.82, 2.24) is 4.57 Å². The fourth-order valence-corrected chi connectivity index (χ4v) is 3.18. The summed E-state index contributed by atoms with van der Waals surface area (Å²) in [5, 5.41) is 21.3. The Bertz CT molecular complexity index is 870. The second kappa shape index (κ2) is 5.39. The van der Waals surface area contributed by atoms with E-state index in [1.165, 1.54) is 18.8 Å². The molecule has 7 nitrogen and oxygen atoms in total. The Morgan fingerprint density at radius 3 is 2.46 bits per heavy atom. The third kappa shape index (κ3) is 2.08. The lowest BCUT2D eigenvalue weighted by Gasteiger charge is -2.40. The van der Waals surface area contributed by atoms with Crippen LogP contribution in [0.15, 0.2) is 16.9 Å². The third-order valence-corrected chi connectivity index (χ3v) is 4.55. The zero-order valence-corrected chi connectivity index (χ0v) is 14.3. The number of fused-ring (bicyclic) bond motifs is 3. The normalized spacial score (nSPS) is 22.0. The molecule has 0 fully saturated rings. The molecule has 2 heterocycles. The number of rotatable bonds is 2. The molecule has 0 radical (unpaired) electrons. The van der Waals surface area contributed by atoms with Crippen molar-refractivity contribution in [3.63, 3.8) is 0 Å². The van der Waals surface area contributed by atoms with Gasteiger partial charge in [-0.1, -0.05) is 0 Å². The van der Waals surface area contributed by atoms with Crippen molar-refractivity contribution in [2.24, 2.45) is 7.05 Å². The molecule has 0 aliphatic carbocycles. The molecule has 2 atom stereocenters. The molecular formula is C17H21NO6. The van der Waals surface area contributed by atoms with Gasteiger partial charge >= 0.3 is 0 Å². The summed E-state index contributed by atoms with van der Waals surface area (Å²) >= 11 is 0. The lowest BCUT2D eigenvalue weighted by molar-refractivity contribution is -0.111. The summed E-state index contributed by atoms with van der Waals surface area (Å²) in [7, 11) is 4.58. The highest BCUT2D eigenvalue weighted by Gasteiger charge is 2.45. The van der Waals surface area contributed by atoms with E-state index in [1.54, 1.807) is 33.0 Å². The molecule has 3 rings (SSSR count). The van der Waals surface area contributed by atoms with Gasteiger partial charge in [0.1, 0.15) is 29.1 Å². The van der Waals surface area contributed by atoms with Crippen molar-refractivity contribution < 1.29 is 24.4 Å². The number of benzene rings is 1. The number of methoxy groups -OCH3 is 2. The maximum atomic E-state index is 12.8. The minimum absolute atomic E-state index is 0.0454. The van der Waals surface area contributed by atoms with E-state index in [-0.39, 0.29) is 11.3 Å². The van der Waals surface area contributed by atoms with Crippen LogP contribution in [0.2, 0.25) is 0 Å². The average Bonchev–Trinajstić information content (AvgIpc) is 2.55. The topological polar surface area (TPSA) is 90.2 Å². The van der Waals surface area contributed by atoms with Crippen LogP contribution >= 0.6 is 0 Å². The van der Waals surface area contributed by atoms with E-state index in [2.05, 4.69) is 0 Å². The second-order valence-corrected chi connectivity index (χ2v) is 6.40. The van der Waals surface area contributed by atoms with Gasteiger partial charge in [-0.05, 0) is 26.0 Å². The molecule has 2 aromatic rings. The van der Waals surface area contributed by atoms with Crippen molar-refractivity contribution in [2.45, 2.75) is 31.7 Å². The summed E-state index contributed by atoms with van der Waals surface area (Å²) in [4.78, 5) is 12.8. The molecule has 0 saturated carbocycles. The number of aryl methyl sites for hydroxylation is 1. The van der Waals surface area contributed by atoms with Gasteiger partial charge in [-0.15, -0.1) is 0 Å². The van der Waals surface area contributed by atoms with Crippen LogP contribution in [-0.2, 0) is 7.05 Å². The quantitative estimate of drug-likeness (QED) is 0.855. The number of nitrogens with zero attached hydrogens (tertiary/aromatic N) is 1. The van der Waals surface area contributed by atoms with E-state index in [0.717, 1.165) is 0 Å². The number of hydrogen-bond donors (Lipinski definition) is 2. The van der Waals surface area contributed by atoms with Crippen LogP contribution in [-0.4, -0.2) is 40.7 Å². The van der Waals surface area contributed by atoms with Gasteiger partial charge in [0.05, 0.1) is 19.8 Å². The van der Waals surface area contributed by atoms with E-state index in [9.17, 15) is 15.0 Å². The van der Waals surface area contributed by atoms with Gasteiger partial charge < -0.3 is 29.0 Å². The standard InChI is InChI=1S/C17H21NO6/c1-17(2)15(20)12(19)10-13(24-17)8-6-7-9(22-4)14(23-5)11(8)18(3)16(10)21/h6-7,12,15,19-20H,1-5H3. The lowest BCUT2D eigenvalue weighted by Crippen LogP contribution is -2.50. The number of hydrogen-bond acceptors (Lipinski definition) is 6. The van der Waals surface area contributed by atoms with Crippen molar-refractivity contribution in [3.8, 4) is 17.2 Å².